The minimum Gasteiger partial charge on any atom is -0.496 e. The summed E-state index contributed by atoms with van der Waals surface area (Å²) in [4.78, 5) is 40.9. The molecule has 1 N–H and O–H groups in total. The maximum Gasteiger partial charge on any atom is 0.335 e. The second-order valence-electron chi connectivity index (χ2n) is 9.69. The van der Waals surface area contributed by atoms with Crippen molar-refractivity contribution in [1.82, 2.24) is 9.66 Å². The number of para-hydroxylation sites is 1. The van der Waals surface area contributed by atoms with E-state index in [0.29, 0.717) is 27.8 Å². The fourth-order valence-electron chi connectivity index (χ4n) is 4.72. The molecule has 12 nitrogen and oxygen atoms in total. The van der Waals surface area contributed by atoms with Gasteiger partial charge in [-0.15, -0.1) is 0 Å². The molecule has 0 bridgehead atoms. The molecular formula is C32H21ClN4O8. The third kappa shape index (κ3) is 5.69. The lowest BCUT2D eigenvalue weighted by molar-refractivity contribution is -0.385. The zero-order valence-corrected chi connectivity index (χ0v) is 24.1. The SMILES string of the molecule is COc1cccc2oc(-c3nc4ccccc4c(=O)n3N=Cc3cc(Cl)cc([N+](=O)[O-])c3OCc3ccc(C(=O)O)cc3)cc12. The Labute approximate surface area is 258 Å². The molecule has 0 fully saturated rings. The number of hydrogen-bond donors (Lipinski definition) is 1. The molecule has 0 unspecified atom stereocenters. The van der Waals surface area contributed by atoms with Crippen LogP contribution in [0, 0.1) is 10.1 Å². The van der Waals surface area contributed by atoms with E-state index in [9.17, 15) is 19.7 Å². The van der Waals surface area contributed by atoms with Crippen LogP contribution in [0.25, 0.3) is 33.5 Å². The molecule has 0 aliphatic heterocycles. The number of nitro groups is 1. The van der Waals surface area contributed by atoms with Crippen LogP contribution in [0.1, 0.15) is 21.5 Å². The molecule has 0 saturated heterocycles. The molecule has 224 valence electrons. The van der Waals surface area contributed by atoms with Crippen LogP contribution >= 0.6 is 11.6 Å². The fourth-order valence-corrected chi connectivity index (χ4v) is 4.94. The summed E-state index contributed by atoms with van der Waals surface area (Å²) >= 11 is 6.24. The van der Waals surface area contributed by atoms with Gasteiger partial charge in [0.1, 0.15) is 17.9 Å². The molecule has 4 aromatic carbocycles. The monoisotopic (exact) mass is 624 g/mol. The molecule has 0 aliphatic carbocycles. The maximum absolute atomic E-state index is 13.7. The molecule has 6 rings (SSSR count). The van der Waals surface area contributed by atoms with Crippen molar-refractivity contribution in [3.05, 3.63) is 127 Å². The number of aromatic nitrogens is 2. The van der Waals surface area contributed by atoms with E-state index in [-0.39, 0.29) is 45.5 Å². The van der Waals surface area contributed by atoms with Crippen LogP contribution in [0.2, 0.25) is 5.02 Å². The number of nitro benzene ring substituents is 1. The Hall–Kier alpha value is -6.01. The first kappa shape index (κ1) is 29.1. The van der Waals surface area contributed by atoms with Crippen molar-refractivity contribution < 1.29 is 28.7 Å². The highest BCUT2D eigenvalue weighted by molar-refractivity contribution is 6.31. The Morgan fingerprint density at radius 1 is 1.09 bits per heavy atom. The van der Waals surface area contributed by atoms with Gasteiger partial charge in [0.25, 0.3) is 5.56 Å². The number of fused-ring (bicyclic) bond motifs is 2. The number of halogens is 1. The van der Waals surface area contributed by atoms with Crippen molar-refractivity contribution in [2.24, 2.45) is 5.10 Å². The van der Waals surface area contributed by atoms with Crippen LogP contribution in [-0.4, -0.2) is 39.0 Å². The molecular weight excluding hydrogens is 604 g/mol. The number of hydrogen-bond acceptors (Lipinski definition) is 9. The second kappa shape index (κ2) is 11.9. The zero-order valence-electron chi connectivity index (χ0n) is 23.3. The third-order valence-electron chi connectivity index (χ3n) is 6.87. The summed E-state index contributed by atoms with van der Waals surface area (Å²) in [7, 11) is 1.53. The van der Waals surface area contributed by atoms with Gasteiger partial charge >= 0.3 is 11.7 Å². The number of ether oxygens (including phenoxy) is 2. The van der Waals surface area contributed by atoms with Crippen molar-refractivity contribution in [3.8, 4) is 23.1 Å². The lowest BCUT2D eigenvalue weighted by Gasteiger charge is -2.11. The first-order chi connectivity index (χ1) is 21.7. The van der Waals surface area contributed by atoms with Crippen LogP contribution < -0.4 is 15.0 Å². The Balaban J connectivity index is 1.47. The van der Waals surface area contributed by atoms with Crippen molar-refractivity contribution in [3.63, 3.8) is 0 Å². The zero-order chi connectivity index (χ0) is 31.7. The quantitative estimate of drug-likeness (QED) is 0.107. The van der Waals surface area contributed by atoms with E-state index in [0.717, 1.165) is 10.7 Å². The summed E-state index contributed by atoms with van der Waals surface area (Å²) in [6.45, 7) is -0.132. The Kier molecular flexibility index (Phi) is 7.71. The van der Waals surface area contributed by atoms with E-state index in [1.807, 2.05) is 0 Å². The highest BCUT2D eigenvalue weighted by Crippen LogP contribution is 2.35. The van der Waals surface area contributed by atoms with Gasteiger partial charge in [0.15, 0.2) is 5.76 Å². The lowest BCUT2D eigenvalue weighted by Crippen LogP contribution is -2.20. The molecule has 0 spiro atoms. The molecule has 2 aromatic heterocycles. The fraction of sp³-hybridized carbons (Fsp3) is 0.0625. The van der Waals surface area contributed by atoms with Crippen LogP contribution in [0.15, 0.2) is 99.2 Å². The number of carboxylic acids is 1. The summed E-state index contributed by atoms with van der Waals surface area (Å²) in [6, 6.07) is 22.1. The van der Waals surface area contributed by atoms with Crippen molar-refractivity contribution in [2.45, 2.75) is 6.61 Å². The smallest absolute Gasteiger partial charge is 0.335 e. The van der Waals surface area contributed by atoms with Crippen LogP contribution in [0.4, 0.5) is 5.69 Å². The van der Waals surface area contributed by atoms with E-state index in [1.54, 1.807) is 48.5 Å². The van der Waals surface area contributed by atoms with E-state index in [1.165, 1.54) is 43.7 Å². The van der Waals surface area contributed by atoms with Crippen LogP contribution in [0.3, 0.4) is 0 Å². The molecule has 6 aromatic rings. The predicted octanol–water partition coefficient (Wildman–Crippen LogP) is 6.54. The highest BCUT2D eigenvalue weighted by atomic mass is 35.5. The van der Waals surface area contributed by atoms with Crippen LogP contribution in [0.5, 0.6) is 11.5 Å². The minimum absolute atomic E-state index is 0.0369. The number of benzene rings is 4. The van der Waals surface area contributed by atoms with Gasteiger partial charge in [0, 0.05) is 16.7 Å². The van der Waals surface area contributed by atoms with Gasteiger partial charge in [-0.2, -0.15) is 9.78 Å². The molecule has 0 amide bonds. The summed E-state index contributed by atoms with van der Waals surface area (Å²) in [6.07, 6.45) is 1.21. The number of rotatable bonds is 9. The van der Waals surface area contributed by atoms with Gasteiger partial charge in [-0.25, -0.2) is 9.78 Å². The van der Waals surface area contributed by atoms with Gasteiger partial charge in [-0.1, -0.05) is 41.9 Å². The van der Waals surface area contributed by atoms with Gasteiger partial charge in [-0.05, 0) is 54.1 Å². The normalized spacial score (nSPS) is 11.3. The topological polar surface area (TPSA) is 159 Å². The van der Waals surface area contributed by atoms with Crippen molar-refractivity contribution >= 4 is 51.3 Å². The molecule has 0 atom stereocenters. The molecule has 45 heavy (non-hydrogen) atoms. The first-order valence-electron chi connectivity index (χ1n) is 13.3. The van der Waals surface area contributed by atoms with Gasteiger partial charge in [0.2, 0.25) is 11.6 Å². The van der Waals surface area contributed by atoms with Gasteiger partial charge < -0.3 is 19.0 Å². The largest absolute Gasteiger partial charge is 0.496 e. The maximum atomic E-state index is 13.7. The van der Waals surface area contributed by atoms with Gasteiger partial charge in [-0.3, -0.25) is 14.9 Å². The first-order valence-corrected chi connectivity index (χ1v) is 13.7. The van der Waals surface area contributed by atoms with Crippen molar-refractivity contribution in [1.29, 1.82) is 0 Å². The Morgan fingerprint density at radius 2 is 1.87 bits per heavy atom. The van der Waals surface area contributed by atoms with E-state index < -0.39 is 22.1 Å². The summed E-state index contributed by atoms with van der Waals surface area (Å²) in [5.41, 5.74) is 0.708. The Bertz CT molecular complexity index is 2210. The van der Waals surface area contributed by atoms with Gasteiger partial charge in [0.05, 0.1) is 40.1 Å². The highest BCUT2D eigenvalue weighted by Gasteiger charge is 2.22. The number of carbonyl (C=O) groups is 1. The number of nitrogens with zero attached hydrogens (tertiary/aromatic N) is 4. The number of furan rings is 1. The number of aromatic carboxylic acids is 1. The Morgan fingerprint density at radius 3 is 2.60 bits per heavy atom. The number of methoxy groups -OCH3 is 1. The molecule has 13 heteroatoms. The molecule has 0 radical (unpaired) electrons. The molecule has 0 saturated carbocycles. The van der Waals surface area contributed by atoms with Crippen LogP contribution in [-0.2, 0) is 6.61 Å². The van der Waals surface area contributed by atoms with E-state index in [2.05, 4.69) is 10.1 Å². The average Bonchev–Trinajstić information content (AvgIpc) is 3.48. The second-order valence-corrected chi connectivity index (χ2v) is 10.1. The minimum atomic E-state index is -1.09. The molecule has 2 heterocycles. The van der Waals surface area contributed by atoms with E-state index >= 15 is 0 Å². The summed E-state index contributed by atoms with van der Waals surface area (Å²) in [5, 5.41) is 26.5. The molecule has 0 aliphatic rings. The average molecular weight is 625 g/mol. The number of carboxylic acid groups (broad SMARTS) is 1. The summed E-state index contributed by atoms with van der Waals surface area (Å²) in [5.74, 6) is -0.383. The standard InChI is InChI=1S/C32H21ClN4O8/c1-43-26-7-4-8-27-23(26)15-28(45-27)30-35-24-6-3-2-5-22(24)31(38)36(30)34-16-20-13-21(33)14-25(37(41)42)29(20)44-17-18-9-11-19(12-10-18)32(39)40/h2-16H,17H2,1H3,(H,39,40). The van der Waals surface area contributed by atoms with Crippen molar-refractivity contribution in [2.75, 3.05) is 7.11 Å². The van der Waals surface area contributed by atoms with E-state index in [4.69, 9.17) is 30.6 Å². The predicted molar refractivity (Wildman–Crippen MR) is 167 cm³/mol. The lowest BCUT2D eigenvalue weighted by atomic mass is 10.1. The summed E-state index contributed by atoms with van der Waals surface area (Å²) < 4.78 is 18.4. The third-order valence-corrected chi connectivity index (χ3v) is 7.09.